The molecule has 0 nitrogen and oxygen atoms in total. The first-order valence-electron chi connectivity index (χ1n) is 6.02. The van der Waals surface area contributed by atoms with Crippen LogP contribution in [0.2, 0.25) is 0 Å². The fourth-order valence-electron chi connectivity index (χ4n) is 1.85. The second kappa shape index (κ2) is 5.53. The predicted molar refractivity (Wildman–Crippen MR) is 74.6 cm³/mol. The van der Waals surface area contributed by atoms with Crippen molar-refractivity contribution in [1.29, 1.82) is 0 Å². The molecule has 18 heavy (non-hydrogen) atoms. The van der Waals surface area contributed by atoms with Crippen LogP contribution >= 0.6 is 11.6 Å². The molecule has 0 saturated heterocycles. The van der Waals surface area contributed by atoms with Gasteiger partial charge in [-0.2, -0.15) is 0 Å². The maximum absolute atomic E-state index is 13.5. The maximum atomic E-state index is 13.5. The van der Waals surface area contributed by atoms with Gasteiger partial charge in [0.05, 0.1) is 5.38 Å². The Balaban J connectivity index is 2.13. The van der Waals surface area contributed by atoms with Crippen molar-refractivity contribution in [1.82, 2.24) is 0 Å². The SMILES string of the molecule is Cc1ccc(CC(Cl)c2ccc(C)c(F)c2)cc1. The fraction of sp³-hybridized carbons (Fsp3) is 0.250. The molecule has 0 N–H and O–H groups in total. The lowest BCUT2D eigenvalue weighted by molar-refractivity contribution is 0.615. The molecule has 0 radical (unpaired) electrons. The van der Waals surface area contributed by atoms with Crippen LogP contribution in [0.25, 0.3) is 0 Å². The number of halogens is 2. The quantitative estimate of drug-likeness (QED) is 0.686. The fourth-order valence-corrected chi connectivity index (χ4v) is 2.17. The van der Waals surface area contributed by atoms with Crippen molar-refractivity contribution in [3.05, 3.63) is 70.5 Å². The molecule has 0 aliphatic rings. The molecule has 0 bridgehead atoms. The summed E-state index contributed by atoms with van der Waals surface area (Å²) in [6.45, 7) is 3.81. The third kappa shape index (κ3) is 3.11. The molecule has 0 spiro atoms. The van der Waals surface area contributed by atoms with Gasteiger partial charge < -0.3 is 0 Å². The van der Waals surface area contributed by atoms with Crippen molar-refractivity contribution in [2.75, 3.05) is 0 Å². The standard InChI is InChI=1S/C16H16ClF/c1-11-3-6-13(7-4-11)9-15(17)14-8-5-12(2)16(18)10-14/h3-8,10,15H,9H2,1-2H3. The molecule has 0 aliphatic carbocycles. The first kappa shape index (κ1) is 13.1. The molecule has 0 amide bonds. The summed E-state index contributed by atoms with van der Waals surface area (Å²) in [6, 6.07) is 13.5. The zero-order valence-corrected chi connectivity index (χ0v) is 11.3. The van der Waals surface area contributed by atoms with Gasteiger partial charge in [0, 0.05) is 0 Å². The molecule has 1 unspecified atom stereocenters. The Hall–Kier alpha value is -1.34. The molecule has 2 aromatic rings. The third-order valence-corrected chi connectivity index (χ3v) is 3.50. The van der Waals surface area contributed by atoms with Gasteiger partial charge in [0.2, 0.25) is 0 Å². The molecular weight excluding hydrogens is 247 g/mol. The Morgan fingerprint density at radius 3 is 2.33 bits per heavy atom. The number of hydrogen-bond donors (Lipinski definition) is 0. The van der Waals surface area contributed by atoms with E-state index in [-0.39, 0.29) is 11.2 Å². The number of alkyl halides is 1. The Morgan fingerprint density at radius 2 is 1.72 bits per heavy atom. The van der Waals surface area contributed by atoms with Crippen LogP contribution in [0.3, 0.4) is 0 Å². The topological polar surface area (TPSA) is 0 Å². The van der Waals surface area contributed by atoms with Crippen LogP contribution in [-0.4, -0.2) is 0 Å². The predicted octanol–water partition coefficient (Wildman–Crippen LogP) is 4.97. The number of hydrogen-bond acceptors (Lipinski definition) is 0. The van der Waals surface area contributed by atoms with Gasteiger partial charge in [0.15, 0.2) is 0 Å². The Labute approximate surface area is 112 Å². The van der Waals surface area contributed by atoms with Gasteiger partial charge in [0.1, 0.15) is 5.82 Å². The molecule has 0 fully saturated rings. The van der Waals surface area contributed by atoms with E-state index >= 15 is 0 Å². The van der Waals surface area contributed by atoms with Crippen LogP contribution in [0.15, 0.2) is 42.5 Å². The average Bonchev–Trinajstić information content (AvgIpc) is 2.35. The lowest BCUT2D eigenvalue weighted by Gasteiger charge is -2.11. The molecule has 1 atom stereocenters. The monoisotopic (exact) mass is 262 g/mol. The molecule has 0 heterocycles. The third-order valence-electron chi connectivity index (χ3n) is 3.09. The van der Waals surface area contributed by atoms with Crippen LogP contribution in [-0.2, 0) is 6.42 Å². The van der Waals surface area contributed by atoms with Gasteiger partial charge >= 0.3 is 0 Å². The number of aryl methyl sites for hydroxylation is 2. The molecule has 2 aromatic carbocycles. The zero-order chi connectivity index (χ0) is 13.1. The summed E-state index contributed by atoms with van der Waals surface area (Å²) in [5.74, 6) is -0.193. The van der Waals surface area contributed by atoms with Crippen molar-refractivity contribution in [3.63, 3.8) is 0 Å². The maximum Gasteiger partial charge on any atom is 0.126 e. The summed E-state index contributed by atoms with van der Waals surface area (Å²) < 4.78 is 13.5. The van der Waals surface area contributed by atoms with Gasteiger partial charge in [-0.1, -0.05) is 42.0 Å². The summed E-state index contributed by atoms with van der Waals surface area (Å²) in [6.07, 6.45) is 0.713. The van der Waals surface area contributed by atoms with Gasteiger partial charge in [-0.15, -0.1) is 11.6 Å². The first-order chi connectivity index (χ1) is 8.56. The minimum absolute atomic E-state index is 0.192. The number of benzene rings is 2. The summed E-state index contributed by atoms with van der Waals surface area (Å²) in [5, 5.41) is -0.192. The van der Waals surface area contributed by atoms with Crippen LogP contribution in [0.4, 0.5) is 4.39 Å². The van der Waals surface area contributed by atoms with E-state index in [1.807, 2.05) is 6.07 Å². The lowest BCUT2D eigenvalue weighted by Crippen LogP contribution is -1.97. The van der Waals surface area contributed by atoms with Gasteiger partial charge in [0.25, 0.3) is 0 Å². The highest BCUT2D eigenvalue weighted by atomic mass is 35.5. The first-order valence-corrected chi connectivity index (χ1v) is 6.45. The van der Waals surface area contributed by atoms with Crippen LogP contribution in [0.5, 0.6) is 0 Å². The van der Waals surface area contributed by atoms with E-state index in [1.54, 1.807) is 13.0 Å². The van der Waals surface area contributed by atoms with Crippen molar-refractivity contribution >= 4 is 11.6 Å². The van der Waals surface area contributed by atoms with Crippen molar-refractivity contribution in [3.8, 4) is 0 Å². The second-order valence-corrected chi connectivity index (χ2v) is 5.19. The van der Waals surface area contributed by atoms with Gasteiger partial charge in [-0.3, -0.25) is 0 Å². The molecule has 94 valence electrons. The second-order valence-electron chi connectivity index (χ2n) is 4.67. The number of rotatable bonds is 3. The van der Waals surface area contributed by atoms with Crippen LogP contribution in [0, 0.1) is 19.7 Å². The molecule has 2 rings (SSSR count). The smallest absolute Gasteiger partial charge is 0.126 e. The highest BCUT2D eigenvalue weighted by Crippen LogP contribution is 2.26. The Kier molecular flexibility index (Phi) is 4.03. The highest BCUT2D eigenvalue weighted by Gasteiger charge is 2.10. The van der Waals surface area contributed by atoms with Crippen LogP contribution in [0.1, 0.15) is 27.6 Å². The van der Waals surface area contributed by atoms with E-state index in [4.69, 9.17) is 11.6 Å². The van der Waals surface area contributed by atoms with Crippen molar-refractivity contribution in [2.24, 2.45) is 0 Å². The van der Waals surface area contributed by atoms with E-state index in [9.17, 15) is 4.39 Å². The molecular formula is C16H16ClF. The summed E-state index contributed by atoms with van der Waals surface area (Å²) in [4.78, 5) is 0. The minimum atomic E-state index is -0.193. The Bertz CT molecular complexity index is 531. The van der Waals surface area contributed by atoms with E-state index in [0.717, 1.165) is 5.56 Å². The van der Waals surface area contributed by atoms with Crippen molar-refractivity contribution < 1.29 is 4.39 Å². The summed E-state index contributed by atoms with van der Waals surface area (Å²) >= 11 is 6.34. The normalized spacial score (nSPS) is 12.4. The van der Waals surface area contributed by atoms with E-state index < -0.39 is 0 Å². The largest absolute Gasteiger partial charge is 0.207 e. The van der Waals surface area contributed by atoms with Crippen LogP contribution < -0.4 is 0 Å². The van der Waals surface area contributed by atoms with E-state index in [1.165, 1.54) is 17.2 Å². The summed E-state index contributed by atoms with van der Waals surface area (Å²) in [7, 11) is 0. The molecule has 0 aliphatic heterocycles. The lowest BCUT2D eigenvalue weighted by atomic mass is 10.0. The highest BCUT2D eigenvalue weighted by molar-refractivity contribution is 6.20. The van der Waals surface area contributed by atoms with E-state index in [2.05, 4.69) is 31.2 Å². The van der Waals surface area contributed by atoms with E-state index in [0.29, 0.717) is 12.0 Å². The van der Waals surface area contributed by atoms with Gasteiger partial charge in [-0.05, 0) is 43.0 Å². The van der Waals surface area contributed by atoms with Gasteiger partial charge in [-0.25, -0.2) is 4.39 Å². The molecule has 0 aromatic heterocycles. The summed E-state index contributed by atoms with van der Waals surface area (Å²) in [5.41, 5.74) is 3.88. The average molecular weight is 263 g/mol. The van der Waals surface area contributed by atoms with Crippen molar-refractivity contribution in [2.45, 2.75) is 25.6 Å². The molecule has 2 heteroatoms. The zero-order valence-electron chi connectivity index (χ0n) is 10.6. The Morgan fingerprint density at radius 1 is 1.06 bits per heavy atom. The minimum Gasteiger partial charge on any atom is -0.207 e. The molecule has 0 saturated carbocycles.